The van der Waals surface area contributed by atoms with E-state index in [1.165, 1.54) is 96.3 Å². The van der Waals surface area contributed by atoms with Crippen molar-refractivity contribution >= 4 is 7.60 Å². The smallest absolute Gasteiger partial charge is 0.330 e. The number of hydrogen-bond donors (Lipinski definition) is 4. The molecule has 1 unspecified atom stereocenters. The quantitative estimate of drug-likeness (QED) is 0.103. The van der Waals surface area contributed by atoms with Crippen molar-refractivity contribution in [1.82, 2.24) is 0 Å². The molecule has 1 aliphatic heterocycles. The molecule has 7 nitrogen and oxygen atoms in total. The highest BCUT2D eigenvalue weighted by Crippen LogP contribution is 2.45. The monoisotopic (exact) mass is 508 g/mol. The van der Waals surface area contributed by atoms with Crippen molar-refractivity contribution in [1.29, 1.82) is 0 Å². The predicted molar refractivity (Wildman–Crippen MR) is 137 cm³/mol. The van der Waals surface area contributed by atoms with Gasteiger partial charge < -0.3 is 29.5 Å². The number of hydrogen-bond acceptors (Lipinski definition) is 6. The van der Waals surface area contributed by atoms with Gasteiger partial charge in [0.2, 0.25) is 0 Å². The second kappa shape index (κ2) is 20.1. The van der Waals surface area contributed by atoms with Crippen LogP contribution in [0, 0.1) is 0 Å². The molecule has 0 aliphatic carbocycles. The van der Waals surface area contributed by atoms with E-state index in [2.05, 4.69) is 6.92 Å². The van der Waals surface area contributed by atoms with E-state index >= 15 is 0 Å². The Balaban J connectivity index is 1.86. The van der Waals surface area contributed by atoms with Crippen LogP contribution in [0.1, 0.15) is 122 Å². The van der Waals surface area contributed by atoms with Gasteiger partial charge in [-0.25, -0.2) is 0 Å². The first-order chi connectivity index (χ1) is 16.4. The third-order valence-corrected chi connectivity index (χ3v) is 8.25. The largest absolute Gasteiger partial charge is 0.394 e. The first kappa shape index (κ1) is 32.0. The summed E-state index contributed by atoms with van der Waals surface area (Å²) in [6.45, 7) is 2.01. The third-order valence-electron chi connectivity index (χ3n) is 6.84. The van der Waals surface area contributed by atoms with Crippen molar-refractivity contribution in [3.05, 3.63) is 0 Å². The number of rotatable bonds is 23. The van der Waals surface area contributed by atoms with Crippen LogP contribution >= 0.6 is 7.60 Å². The molecule has 0 saturated carbocycles. The number of ether oxygens (including phenoxy) is 1. The summed E-state index contributed by atoms with van der Waals surface area (Å²) in [6, 6.07) is 0. The third kappa shape index (κ3) is 15.2. The predicted octanol–water partition coefficient (Wildman–Crippen LogP) is 5.71. The molecule has 0 aromatic carbocycles. The molecule has 204 valence electrons. The molecule has 4 N–H and O–H groups in total. The van der Waals surface area contributed by atoms with E-state index in [1.807, 2.05) is 0 Å². The zero-order valence-electron chi connectivity index (χ0n) is 21.6. The summed E-state index contributed by atoms with van der Waals surface area (Å²) in [7, 11) is -3.91. The van der Waals surface area contributed by atoms with E-state index in [1.54, 1.807) is 0 Å². The summed E-state index contributed by atoms with van der Waals surface area (Å²) < 4.78 is 22.6. The Bertz CT molecular complexity index is 519. The van der Waals surface area contributed by atoms with E-state index in [0.29, 0.717) is 0 Å². The Morgan fingerprint density at radius 1 is 0.676 bits per heavy atom. The molecule has 34 heavy (non-hydrogen) atoms. The molecular weight excluding hydrogens is 455 g/mol. The molecule has 0 aromatic rings. The van der Waals surface area contributed by atoms with Crippen LogP contribution in [0.2, 0.25) is 0 Å². The van der Waals surface area contributed by atoms with Gasteiger partial charge in [-0.3, -0.25) is 4.57 Å². The highest BCUT2D eigenvalue weighted by Gasteiger charge is 2.45. The fourth-order valence-electron chi connectivity index (χ4n) is 4.62. The summed E-state index contributed by atoms with van der Waals surface area (Å²) in [6.07, 6.45) is 18.3. The van der Waals surface area contributed by atoms with Gasteiger partial charge in [0.1, 0.15) is 18.3 Å². The average molecular weight is 509 g/mol. The molecule has 1 rings (SSSR count). The molecule has 5 atom stereocenters. The van der Waals surface area contributed by atoms with Crippen LogP contribution in [-0.4, -0.2) is 64.0 Å². The summed E-state index contributed by atoms with van der Waals surface area (Å²) in [5.41, 5.74) is 0. The molecule has 0 spiro atoms. The van der Waals surface area contributed by atoms with E-state index in [9.17, 15) is 19.7 Å². The van der Waals surface area contributed by atoms with Gasteiger partial charge in [-0.05, 0) is 6.42 Å². The first-order valence-electron chi connectivity index (χ1n) is 14.0. The van der Waals surface area contributed by atoms with Crippen molar-refractivity contribution in [2.75, 3.05) is 19.4 Å². The van der Waals surface area contributed by atoms with Crippen LogP contribution in [0.4, 0.5) is 0 Å². The van der Waals surface area contributed by atoms with E-state index < -0.39 is 38.6 Å². The first-order valence-corrected chi connectivity index (χ1v) is 15.8. The fourth-order valence-corrected chi connectivity index (χ4v) is 5.90. The SMILES string of the molecule is CCCCCCCCCCCCCCCCCCCCOP(=O)(O)C[C@H]1O[C@H](CO)[C@@H](O)[C@@H]1O. The van der Waals surface area contributed by atoms with Crippen LogP contribution in [0.15, 0.2) is 0 Å². The zero-order chi connectivity index (χ0) is 25.1. The Hall–Kier alpha value is -0.0100. The highest BCUT2D eigenvalue weighted by molar-refractivity contribution is 7.52. The highest BCUT2D eigenvalue weighted by atomic mass is 31.2. The van der Waals surface area contributed by atoms with Crippen molar-refractivity contribution in [3.8, 4) is 0 Å². The van der Waals surface area contributed by atoms with Gasteiger partial charge in [-0.15, -0.1) is 0 Å². The van der Waals surface area contributed by atoms with Crippen LogP contribution in [-0.2, 0) is 13.8 Å². The Morgan fingerprint density at radius 3 is 1.44 bits per heavy atom. The minimum Gasteiger partial charge on any atom is -0.394 e. The molecular formula is C26H53O7P. The Labute approximate surface area is 208 Å². The molecule has 0 amide bonds. The van der Waals surface area contributed by atoms with Crippen molar-refractivity contribution in [3.63, 3.8) is 0 Å². The molecule has 1 fully saturated rings. The molecule has 1 saturated heterocycles. The van der Waals surface area contributed by atoms with E-state index in [-0.39, 0.29) is 12.8 Å². The minimum atomic E-state index is -3.91. The van der Waals surface area contributed by atoms with Gasteiger partial charge in [-0.2, -0.15) is 0 Å². The van der Waals surface area contributed by atoms with Crippen molar-refractivity contribution < 1.29 is 34.0 Å². The minimum absolute atomic E-state index is 0.196. The molecule has 1 aliphatic rings. The van der Waals surface area contributed by atoms with Gasteiger partial charge in [0.15, 0.2) is 0 Å². The average Bonchev–Trinajstić information content (AvgIpc) is 3.07. The topological polar surface area (TPSA) is 116 Å². The summed E-state index contributed by atoms with van der Waals surface area (Å²) in [5.74, 6) is 0. The van der Waals surface area contributed by atoms with E-state index in [4.69, 9.17) is 14.4 Å². The second-order valence-electron chi connectivity index (χ2n) is 10.0. The van der Waals surface area contributed by atoms with Crippen molar-refractivity contribution in [2.24, 2.45) is 0 Å². The maximum Gasteiger partial charge on any atom is 0.330 e. The summed E-state index contributed by atoms with van der Waals surface area (Å²) in [5, 5.41) is 28.7. The van der Waals surface area contributed by atoms with Crippen LogP contribution in [0.3, 0.4) is 0 Å². The molecule has 0 radical (unpaired) electrons. The fraction of sp³-hybridized carbons (Fsp3) is 1.00. The van der Waals surface area contributed by atoms with Gasteiger partial charge in [0, 0.05) is 0 Å². The molecule has 0 aromatic heterocycles. The Kier molecular flexibility index (Phi) is 18.9. The van der Waals surface area contributed by atoms with Crippen molar-refractivity contribution in [2.45, 2.75) is 147 Å². The summed E-state index contributed by atoms with van der Waals surface area (Å²) >= 11 is 0. The van der Waals surface area contributed by atoms with Gasteiger partial charge in [0.05, 0.1) is 25.5 Å². The zero-order valence-corrected chi connectivity index (χ0v) is 22.5. The molecule has 0 bridgehead atoms. The van der Waals surface area contributed by atoms with Gasteiger partial charge in [-0.1, -0.05) is 116 Å². The lowest BCUT2D eigenvalue weighted by Crippen LogP contribution is -2.34. The number of aliphatic hydroxyl groups excluding tert-OH is 3. The molecule has 8 heteroatoms. The lowest BCUT2D eigenvalue weighted by molar-refractivity contribution is -0.0175. The van der Waals surface area contributed by atoms with Gasteiger partial charge in [0.25, 0.3) is 0 Å². The van der Waals surface area contributed by atoms with Crippen LogP contribution in [0.25, 0.3) is 0 Å². The van der Waals surface area contributed by atoms with Crippen LogP contribution < -0.4 is 0 Å². The van der Waals surface area contributed by atoms with E-state index in [0.717, 1.165) is 19.3 Å². The summed E-state index contributed by atoms with van der Waals surface area (Å²) in [4.78, 5) is 9.98. The lowest BCUT2D eigenvalue weighted by atomic mass is 10.0. The van der Waals surface area contributed by atoms with Gasteiger partial charge >= 0.3 is 7.60 Å². The number of aliphatic hydroxyl groups is 3. The maximum absolute atomic E-state index is 12.2. The lowest BCUT2D eigenvalue weighted by Gasteiger charge is -2.18. The Morgan fingerprint density at radius 2 is 1.06 bits per heavy atom. The molecule has 1 heterocycles. The number of unbranched alkanes of at least 4 members (excludes halogenated alkanes) is 17. The second-order valence-corrected chi connectivity index (χ2v) is 11.9. The standard InChI is InChI=1S/C26H53O7P/c1-2-3-4-5-6-7-8-9-10-11-12-13-14-15-16-17-18-19-20-32-34(30,31)22-24-26(29)25(28)23(21-27)33-24/h23-29H,2-22H2,1H3,(H,30,31)/t23-,24-,25-,26-/m1/s1. The normalized spacial score (nSPS) is 24.5. The van der Waals surface area contributed by atoms with Crippen LogP contribution in [0.5, 0.6) is 0 Å². The maximum atomic E-state index is 12.2.